The number of rotatable bonds is 5. The Kier molecular flexibility index (Phi) is 5.30. The van der Waals surface area contributed by atoms with E-state index in [1.165, 1.54) is 5.56 Å². The molecule has 1 aliphatic rings. The minimum Gasteiger partial charge on any atom is -0.497 e. The smallest absolute Gasteiger partial charge is 0.267 e. The van der Waals surface area contributed by atoms with Crippen LogP contribution in [-0.2, 0) is 6.54 Å². The lowest BCUT2D eigenvalue weighted by Crippen LogP contribution is -2.36. The Morgan fingerprint density at radius 3 is 2.50 bits per heavy atom. The van der Waals surface area contributed by atoms with E-state index in [0.717, 1.165) is 43.7 Å². The molecule has 1 heterocycles. The minimum atomic E-state index is 0.00948. The molecule has 1 aliphatic carbocycles. The van der Waals surface area contributed by atoms with Crippen molar-refractivity contribution >= 4 is 0 Å². The molecule has 0 unspecified atom stereocenters. The van der Waals surface area contributed by atoms with Crippen molar-refractivity contribution in [2.24, 2.45) is 0 Å². The summed E-state index contributed by atoms with van der Waals surface area (Å²) < 4.78 is 6.86. The monoisotopic (exact) mass is 327 g/mol. The Bertz CT molecular complexity index is 716. The van der Waals surface area contributed by atoms with Crippen molar-refractivity contribution in [3.05, 3.63) is 58.0 Å². The molecule has 0 atom stereocenters. The summed E-state index contributed by atoms with van der Waals surface area (Å²) in [5, 5.41) is 8.03. The van der Waals surface area contributed by atoms with Crippen molar-refractivity contribution < 1.29 is 4.74 Å². The zero-order valence-electron chi connectivity index (χ0n) is 14.4. The van der Waals surface area contributed by atoms with Gasteiger partial charge in [-0.1, -0.05) is 12.1 Å². The van der Waals surface area contributed by atoms with Crippen LogP contribution < -0.4 is 15.6 Å². The van der Waals surface area contributed by atoms with E-state index >= 15 is 0 Å². The standard InChI is InChI=1S/C19H25N3O2/c1-14-3-12-19(23)22(21-14)17-8-6-16(7-9-17)20-13-15-4-10-18(24-2)11-5-15/h3-5,10-12,16-17,20H,6-9,13H2,1-2H3. The van der Waals surface area contributed by atoms with E-state index in [1.54, 1.807) is 23.9 Å². The van der Waals surface area contributed by atoms with Crippen molar-refractivity contribution in [2.75, 3.05) is 7.11 Å². The van der Waals surface area contributed by atoms with E-state index in [9.17, 15) is 4.79 Å². The summed E-state index contributed by atoms with van der Waals surface area (Å²) in [5.41, 5.74) is 2.17. The van der Waals surface area contributed by atoms with Gasteiger partial charge >= 0.3 is 0 Å². The zero-order valence-corrected chi connectivity index (χ0v) is 14.4. The van der Waals surface area contributed by atoms with Crippen LogP contribution in [0.5, 0.6) is 5.75 Å². The highest BCUT2D eigenvalue weighted by Gasteiger charge is 2.23. The fourth-order valence-corrected chi connectivity index (χ4v) is 3.31. The maximum absolute atomic E-state index is 12.0. The number of aryl methyl sites for hydroxylation is 1. The number of methoxy groups -OCH3 is 1. The topological polar surface area (TPSA) is 56.1 Å². The molecular formula is C19H25N3O2. The van der Waals surface area contributed by atoms with Gasteiger partial charge in [0.25, 0.3) is 5.56 Å². The maximum Gasteiger partial charge on any atom is 0.267 e. The third-order valence-corrected chi connectivity index (χ3v) is 4.75. The predicted molar refractivity (Wildman–Crippen MR) is 94.4 cm³/mol. The summed E-state index contributed by atoms with van der Waals surface area (Å²) in [6.07, 6.45) is 4.14. The van der Waals surface area contributed by atoms with E-state index in [0.29, 0.717) is 6.04 Å². The molecule has 128 valence electrons. The summed E-state index contributed by atoms with van der Waals surface area (Å²) in [4.78, 5) is 12.0. The van der Waals surface area contributed by atoms with Crippen LogP contribution in [0.1, 0.15) is 43.0 Å². The second-order valence-electron chi connectivity index (χ2n) is 6.49. The van der Waals surface area contributed by atoms with Crippen molar-refractivity contribution in [3.8, 4) is 5.75 Å². The number of ether oxygens (including phenoxy) is 1. The van der Waals surface area contributed by atoms with Crippen LogP contribution in [0.25, 0.3) is 0 Å². The van der Waals surface area contributed by atoms with E-state index in [-0.39, 0.29) is 11.6 Å². The van der Waals surface area contributed by atoms with E-state index < -0.39 is 0 Å². The highest BCUT2D eigenvalue weighted by molar-refractivity contribution is 5.27. The van der Waals surface area contributed by atoms with Gasteiger partial charge in [0.05, 0.1) is 18.8 Å². The first-order valence-electron chi connectivity index (χ1n) is 8.58. The van der Waals surface area contributed by atoms with Gasteiger partial charge in [0.1, 0.15) is 5.75 Å². The SMILES string of the molecule is COc1ccc(CNC2CCC(n3nc(C)ccc3=O)CC2)cc1. The molecule has 0 saturated heterocycles. The van der Waals surface area contributed by atoms with Gasteiger partial charge in [0, 0.05) is 18.7 Å². The zero-order chi connectivity index (χ0) is 16.9. The lowest BCUT2D eigenvalue weighted by atomic mass is 9.91. The average molecular weight is 327 g/mol. The molecule has 1 fully saturated rings. The van der Waals surface area contributed by atoms with Crippen LogP contribution in [-0.4, -0.2) is 22.9 Å². The minimum absolute atomic E-state index is 0.00948. The van der Waals surface area contributed by atoms with Crippen LogP contribution >= 0.6 is 0 Å². The molecule has 5 heteroatoms. The molecule has 1 aromatic carbocycles. The molecule has 1 aromatic heterocycles. The van der Waals surface area contributed by atoms with Gasteiger partial charge in [0.2, 0.25) is 0 Å². The second kappa shape index (κ2) is 7.62. The first kappa shape index (κ1) is 16.7. The molecule has 0 bridgehead atoms. The lowest BCUT2D eigenvalue weighted by molar-refractivity contribution is 0.268. The molecule has 0 amide bonds. The van der Waals surface area contributed by atoms with Gasteiger partial charge in [0.15, 0.2) is 0 Å². The van der Waals surface area contributed by atoms with Gasteiger partial charge in [-0.2, -0.15) is 5.10 Å². The maximum atomic E-state index is 12.0. The second-order valence-corrected chi connectivity index (χ2v) is 6.49. The fourth-order valence-electron chi connectivity index (χ4n) is 3.31. The van der Waals surface area contributed by atoms with Gasteiger partial charge in [-0.25, -0.2) is 4.68 Å². The molecule has 1 N–H and O–H groups in total. The van der Waals surface area contributed by atoms with E-state index in [4.69, 9.17) is 4.74 Å². The number of hydrogen-bond donors (Lipinski definition) is 1. The Morgan fingerprint density at radius 1 is 1.12 bits per heavy atom. The van der Waals surface area contributed by atoms with E-state index in [2.05, 4.69) is 22.5 Å². The Labute approximate surface area is 142 Å². The number of nitrogens with zero attached hydrogens (tertiary/aromatic N) is 2. The molecule has 0 spiro atoms. The molecule has 24 heavy (non-hydrogen) atoms. The largest absolute Gasteiger partial charge is 0.497 e. The Hall–Kier alpha value is -2.14. The van der Waals surface area contributed by atoms with Crippen molar-refractivity contribution in [1.82, 2.24) is 15.1 Å². The number of aromatic nitrogens is 2. The average Bonchev–Trinajstić information content (AvgIpc) is 2.63. The van der Waals surface area contributed by atoms with Gasteiger partial charge in [-0.05, 0) is 56.4 Å². The highest BCUT2D eigenvalue weighted by atomic mass is 16.5. The summed E-state index contributed by atoms with van der Waals surface area (Å²) in [6.45, 7) is 2.79. The Balaban J connectivity index is 1.51. The summed E-state index contributed by atoms with van der Waals surface area (Å²) in [5.74, 6) is 0.885. The fraction of sp³-hybridized carbons (Fsp3) is 0.474. The first-order chi connectivity index (χ1) is 11.7. The highest BCUT2D eigenvalue weighted by Crippen LogP contribution is 2.27. The first-order valence-corrected chi connectivity index (χ1v) is 8.58. The summed E-state index contributed by atoms with van der Waals surface area (Å²) in [6, 6.07) is 12.3. The number of benzene rings is 1. The van der Waals surface area contributed by atoms with Crippen molar-refractivity contribution in [2.45, 2.75) is 51.2 Å². The van der Waals surface area contributed by atoms with E-state index in [1.807, 2.05) is 19.1 Å². The number of nitrogens with one attached hydrogen (secondary N) is 1. The van der Waals surface area contributed by atoms with Crippen LogP contribution in [0.3, 0.4) is 0 Å². The number of hydrogen-bond acceptors (Lipinski definition) is 4. The van der Waals surface area contributed by atoms with Crippen LogP contribution in [0, 0.1) is 6.92 Å². The van der Waals surface area contributed by atoms with Crippen molar-refractivity contribution in [1.29, 1.82) is 0 Å². The van der Waals surface area contributed by atoms with Crippen molar-refractivity contribution in [3.63, 3.8) is 0 Å². The summed E-state index contributed by atoms with van der Waals surface area (Å²) >= 11 is 0. The molecule has 0 radical (unpaired) electrons. The third-order valence-electron chi connectivity index (χ3n) is 4.75. The molecule has 1 saturated carbocycles. The van der Waals surface area contributed by atoms with Gasteiger partial charge in [-0.3, -0.25) is 4.79 Å². The van der Waals surface area contributed by atoms with Crippen LogP contribution in [0.4, 0.5) is 0 Å². The van der Waals surface area contributed by atoms with Crippen LogP contribution in [0.15, 0.2) is 41.2 Å². The lowest BCUT2D eigenvalue weighted by Gasteiger charge is -2.29. The molecule has 0 aliphatic heterocycles. The van der Waals surface area contributed by atoms with Crippen LogP contribution in [0.2, 0.25) is 0 Å². The Morgan fingerprint density at radius 2 is 1.83 bits per heavy atom. The normalized spacial score (nSPS) is 20.8. The molecule has 5 nitrogen and oxygen atoms in total. The molecule has 2 aromatic rings. The van der Waals surface area contributed by atoms with Gasteiger partial charge < -0.3 is 10.1 Å². The van der Waals surface area contributed by atoms with Gasteiger partial charge in [-0.15, -0.1) is 0 Å². The molecular weight excluding hydrogens is 302 g/mol. The third kappa shape index (κ3) is 4.03. The predicted octanol–water partition coefficient (Wildman–Crippen LogP) is 2.83. The molecule has 3 rings (SSSR count). The summed E-state index contributed by atoms with van der Waals surface area (Å²) in [7, 11) is 1.68. The quantitative estimate of drug-likeness (QED) is 0.917.